The first-order chi connectivity index (χ1) is 17.2. The van der Waals surface area contributed by atoms with Crippen molar-refractivity contribution in [3.8, 4) is 33.5 Å². The lowest BCUT2D eigenvalue weighted by Gasteiger charge is -2.19. The van der Waals surface area contributed by atoms with E-state index in [-0.39, 0.29) is 21.6 Å². The van der Waals surface area contributed by atoms with E-state index >= 15 is 4.39 Å². The van der Waals surface area contributed by atoms with Gasteiger partial charge in [0.05, 0.1) is 10.6 Å². The summed E-state index contributed by atoms with van der Waals surface area (Å²) in [7, 11) is -8.87. The van der Waals surface area contributed by atoms with Gasteiger partial charge in [-0.3, -0.25) is 4.55 Å². The number of hydrogen-bond acceptors (Lipinski definition) is 6. The van der Waals surface area contributed by atoms with Crippen LogP contribution in [0.1, 0.15) is 5.82 Å². The van der Waals surface area contributed by atoms with Gasteiger partial charge in [-0.15, -0.1) is 0 Å². The van der Waals surface area contributed by atoms with E-state index in [1.165, 1.54) is 24.3 Å². The summed E-state index contributed by atoms with van der Waals surface area (Å²) in [5.41, 5.74) is -1.76. The molecule has 4 rings (SSSR count). The summed E-state index contributed by atoms with van der Waals surface area (Å²) in [6, 6.07) is 14.0. The van der Waals surface area contributed by atoms with E-state index in [2.05, 4.69) is 9.97 Å². The summed E-state index contributed by atoms with van der Waals surface area (Å²) in [4.78, 5) is 5.46. The SMILES string of the molecule is CS(=O)(=O)c1ccc(-c2c(-c3ccccc3)c(F)cc(-c3ccnc(C(F)(F)F)n3)c2S(=O)(=O)O)cc1. The zero-order chi connectivity index (χ0) is 27.2. The van der Waals surface area contributed by atoms with Crippen molar-refractivity contribution in [2.75, 3.05) is 6.26 Å². The minimum absolute atomic E-state index is 0.0234. The molecule has 0 amide bonds. The molecule has 0 saturated carbocycles. The number of benzene rings is 3. The van der Waals surface area contributed by atoms with Crippen LogP contribution < -0.4 is 0 Å². The number of halogens is 4. The Labute approximate surface area is 209 Å². The molecule has 0 saturated heterocycles. The molecule has 13 heteroatoms. The van der Waals surface area contributed by atoms with Crippen molar-refractivity contribution in [3.63, 3.8) is 0 Å². The van der Waals surface area contributed by atoms with E-state index in [0.717, 1.165) is 30.7 Å². The van der Waals surface area contributed by atoms with E-state index in [4.69, 9.17) is 0 Å². The van der Waals surface area contributed by atoms with Crippen LogP contribution in [0.4, 0.5) is 17.6 Å². The first kappa shape index (κ1) is 26.4. The minimum Gasteiger partial charge on any atom is -0.282 e. The molecule has 0 fully saturated rings. The lowest BCUT2D eigenvalue weighted by atomic mass is 9.91. The molecule has 3 aromatic carbocycles. The summed E-state index contributed by atoms with van der Waals surface area (Å²) in [5, 5.41) is 0. The molecule has 0 aliphatic heterocycles. The van der Waals surface area contributed by atoms with Gasteiger partial charge in [-0.05, 0) is 35.4 Å². The zero-order valence-electron chi connectivity index (χ0n) is 18.7. The van der Waals surface area contributed by atoms with Gasteiger partial charge in [-0.2, -0.15) is 21.6 Å². The highest BCUT2D eigenvalue weighted by Crippen LogP contribution is 2.44. The Morgan fingerprint density at radius 2 is 1.43 bits per heavy atom. The molecule has 0 radical (unpaired) electrons. The highest BCUT2D eigenvalue weighted by Gasteiger charge is 2.36. The molecule has 0 bridgehead atoms. The van der Waals surface area contributed by atoms with Crippen LogP contribution in [0.2, 0.25) is 0 Å². The molecule has 0 unspecified atom stereocenters. The number of rotatable bonds is 5. The minimum atomic E-state index is -5.22. The van der Waals surface area contributed by atoms with Gasteiger partial charge in [0.25, 0.3) is 10.1 Å². The third-order valence-corrected chi connectivity index (χ3v) is 7.38. The maximum atomic E-state index is 15.7. The fourth-order valence-corrected chi connectivity index (χ4v) is 5.32. The third kappa shape index (κ3) is 5.38. The van der Waals surface area contributed by atoms with Crippen LogP contribution >= 0.6 is 0 Å². The molecule has 1 N–H and O–H groups in total. The van der Waals surface area contributed by atoms with E-state index < -0.39 is 59.5 Å². The Bertz CT molecular complexity index is 1710. The van der Waals surface area contributed by atoms with Gasteiger partial charge in [0.2, 0.25) is 5.82 Å². The Hall–Kier alpha value is -3.68. The molecule has 0 atom stereocenters. The van der Waals surface area contributed by atoms with Gasteiger partial charge in [-0.25, -0.2) is 22.8 Å². The molecular formula is C24H16F4N2O5S2. The van der Waals surface area contributed by atoms with Crippen molar-refractivity contribution in [1.29, 1.82) is 0 Å². The second-order valence-electron chi connectivity index (χ2n) is 7.89. The second-order valence-corrected chi connectivity index (χ2v) is 11.3. The quantitative estimate of drug-likeness (QED) is 0.264. The topological polar surface area (TPSA) is 114 Å². The number of hydrogen-bond donors (Lipinski definition) is 1. The van der Waals surface area contributed by atoms with Crippen LogP contribution in [-0.4, -0.2) is 37.6 Å². The summed E-state index contributed by atoms with van der Waals surface area (Å²) in [6.07, 6.45) is -3.31. The van der Waals surface area contributed by atoms with Crippen LogP contribution in [0.5, 0.6) is 0 Å². The predicted octanol–water partition coefficient (Wildman–Crippen LogP) is 5.29. The Morgan fingerprint density at radius 3 is 1.97 bits per heavy atom. The molecule has 37 heavy (non-hydrogen) atoms. The summed E-state index contributed by atoms with van der Waals surface area (Å²) in [5.74, 6) is -2.62. The van der Waals surface area contributed by atoms with E-state index in [1.807, 2.05) is 0 Å². The van der Waals surface area contributed by atoms with Crippen molar-refractivity contribution >= 4 is 20.0 Å². The number of sulfone groups is 1. The average molecular weight is 553 g/mol. The standard InChI is InChI=1S/C24H16F4N2O5S2/c1-36(31,32)16-9-7-15(8-10-16)21-20(14-5-3-2-4-6-14)18(25)13-17(22(21)37(33,34)35)19-11-12-29-23(30-19)24(26,27)28/h2-13H,1H3,(H,33,34,35). The number of alkyl halides is 3. The first-order valence-corrected chi connectivity index (χ1v) is 13.6. The van der Waals surface area contributed by atoms with E-state index in [0.29, 0.717) is 6.07 Å². The fourth-order valence-electron chi connectivity index (χ4n) is 3.77. The monoisotopic (exact) mass is 552 g/mol. The largest absolute Gasteiger partial charge is 0.451 e. The molecule has 7 nitrogen and oxygen atoms in total. The first-order valence-electron chi connectivity index (χ1n) is 10.3. The second kappa shape index (κ2) is 9.32. The van der Waals surface area contributed by atoms with Crippen LogP contribution in [-0.2, 0) is 26.1 Å². The summed E-state index contributed by atoms with van der Waals surface area (Å²) in [6.45, 7) is 0. The van der Waals surface area contributed by atoms with Gasteiger partial charge >= 0.3 is 6.18 Å². The predicted molar refractivity (Wildman–Crippen MR) is 126 cm³/mol. The molecular weight excluding hydrogens is 536 g/mol. The molecule has 1 heterocycles. The van der Waals surface area contributed by atoms with Crippen LogP contribution in [0.3, 0.4) is 0 Å². The van der Waals surface area contributed by atoms with Crippen molar-refractivity contribution < 1.29 is 39.0 Å². The number of nitrogens with zero attached hydrogens (tertiary/aromatic N) is 2. The smallest absolute Gasteiger partial charge is 0.282 e. The third-order valence-electron chi connectivity index (χ3n) is 5.31. The normalized spacial score (nSPS) is 12.5. The van der Waals surface area contributed by atoms with Crippen molar-refractivity contribution in [2.45, 2.75) is 16.0 Å². The van der Waals surface area contributed by atoms with Crippen molar-refractivity contribution in [1.82, 2.24) is 9.97 Å². The van der Waals surface area contributed by atoms with E-state index in [9.17, 15) is 34.6 Å². The van der Waals surface area contributed by atoms with Crippen LogP contribution in [0, 0.1) is 5.82 Å². The Balaban J connectivity index is 2.16. The van der Waals surface area contributed by atoms with Crippen molar-refractivity contribution in [2.24, 2.45) is 0 Å². The molecule has 0 aliphatic carbocycles. The van der Waals surface area contributed by atoms with Gasteiger partial charge < -0.3 is 0 Å². The summed E-state index contributed by atoms with van der Waals surface area (Å²) < 4.78 is 115. The fraction of sp³-hybridized carbons (Fsp3) is 0.0833. The van der Waals surface area contributed by atoms with Gasteiger partial charge in [0, 0.05) is 29.1 Å². The number of aromatic nitrogens is 2. The highest BCUT2D eigenvalue weighted by molar-refractivity contribution is 7.90. The average Bonchev–Trinajstić information content (AvgIpc) is 2.82. The highest BCUT2D eigenvalue weighted by atomic mass is 32.2. The molecule has 0 spiro atoms. The van der Waals surface area contributed by atoms with Crippen molar-refractivity contribution in [3.05, 3.63) is 84.6 Å². The Morgan fingerprint density at radius 1 is 0.838 bits per heavy atom. The van der Waals surface area contributed by atoms with Gasteiger partial charge in [-0.1, -0.05) is 42.5 Å². The van der Waals surface area contributed by atoms with Gasteiger partial charge in [0.15, 0.2) is 9.84 Å². The molecule has 0 aliphatic rings. The molecule has 192 valence electrons. The molecule has 4 aromatic rings. The summed E-state index contributed by atoms with van der Waals surface area (Å²) >= 11 is 0. The van der Waals surface area contributed by atoms with Gasteiger partial charge in [0.1, 0.15) is 10.7 Å². The lowest BCUT2D eigenvalue weighted by molar-refractivity contribution is -0.144. The van der Waals surface area contributed by atoms with Crippen LogP contribution in [0.25, 0.3) is 33.5 Å². The van der Waals surface area contributed by atoms with E-state index in [1.54, 1.807) is 18.2 Å². The maximum absolute atomic E-state index is 15.7. The zero-order valence-corrected chi connectivity index (χ0v) is 20.4. The Kier molecular flexibility index (Phi) is 6.65. The lowest BCUT2D eigenvalue weighted by Crippen LogP contribution is -2.12. The van der Waals surface area contributed by atoms with Crippen LogP contribution in [0.15, 0.2) is 82.7 Å². The maximum Gasteiger partial charge on any atom is 0.451 e. The molecule has 1 aromatic heterocycles.